The second-order valence-corrected chi connectivity index (χ2v) is 6.68. The molecular formula is C23H19NO2. The number of esters is 1. The van der Waals surface area contributed by atoms with Crippen LogP contribution in [0.15, 0.2) is 77.4 Å². The molecule has 0 amide bonds. The highest BCUT2D eigenvalue weighted by atomic mass is 16.6. The molecule has 3 heteroatoms. The van der Waals surface area contributed by atoms with Gasteiger partial charge in [-0.1, -0.05) is 74.5 Å². The Balaban J connectivity index is 1.71. The Morgan fingerprint density at radius 1 is 0.923 bits per heavy atom. The number of ether oxygens (including phenoxy) is 1. The number of aliphatic imine (C=N–C) groups is 1. The van der Waals surface area contributed by atoms with Gasteiger partial charge in [-0.3, -0.25) is 0 Å². The van der Waals surface area contributed by atoms with Crippen LogP contribution in [0.4, 0.5) is 0 Å². The van der Waals surface area contributed by atoms with Crippen LogP contribution in [0.5, 0.6) is 0 Å². The fraction of sp³-hybridized carbons (Fsp3) is 0.130. The third kappa shape index (κ3) is 3.04. The molecular weight excluding hydrogens is 322 g/mol. The topological polar surface area (TPSA) is 38.7 Å². The third-order valence-electron chi connectivity index (χ3n) is 4.55. The Bertz CT molecular complexity index is 1040. The minimum atomic E-state index is -0.416. The molecule has 0 unspecified atom stereocenters. The summed E-state index contributed by atoms with van der Waals surface area (Å²) in [5, 5.41) is 2.11. The number of fused-ring (bicyclic) bond motifs is 1. The van der Waals surface area contributed by atoms with E-state index in [4.69, 9.17) is 4.74 Å². The summed E-state index contributed by atoms with van der Waals surface area (Å²) in [7, 11) is 0. The van der Waals surface area contributed by atoms with Crippen molar-refractivity contribution < 1.29 is 9.53 Å². The maximum Gasteiger partial charge on any atom is 0.363 e. The predicted octanol–water partition coefficient (Wildman–Crippen LogP) is 5.31. The van der Waals surface area contributed by atoms with Crippen LogP contribution >= 0.6 is 0 Å². The van der Waals surface area contributed by atoms with Gasteiger partial charge in [0.15, 0.2) is 5.70 Å². The normalized spacial score (nSPS) is 15.6. The second-order valence-electron chi connectivity index (χ2n) is 6.68. The van der Waals surface area contributed by atoms with Crippen LogP contribution in [-0.2, 0) is 9.53 Å². The Kier molecular flexibility index (Phi) is 4.13. The standard InChI is InChI=1S/C23H19NO2/c1-15(2)17-12-10-16(11-13-17)14-21-23(25)26-22(24-21)20-9-5-7-18-6-3-4-8-19(18)20/h3-15H,1-2H3/b21-14-. The van der Waals surface area contributed by atoms with Crippen LogP contribution in [0.3, 0.4) is 0 Å². The molecule has 0 fully saturated rings. The molecule has 0 saturated carbocycles. The molecule has 0 aromatic heterocycles. The van der Waals surface area contributed by atoms with Gasteiger partial charge in [0.25, 0.3) is 0 Å². The van der Waals surface area contributed by atoms with Crippen molar-refractivity contribution in [3.8, 4) is 0 Å². The van der Waals surface area contributed by atoms with Gasteiger partial charge in [-0.2, -0.15) is 0 Å². The van der Waals surface area contributed by atoms with Crippen molar-refractivity contribution in [3.63, 3.8) is 0 Å². The first-order chi connectivity index (χ1) is 12.6. The molecule has 1 heterocycles. The van der Waals surface area contributed by atoms with Crippen LogP contribution < -0.4 is 0 Å². The minimum Gasteiger partial charge on any atom is -0.402 e. The summed E-state index contributed by atoms with van der Waals surface area (Å²) in [6.45, 7) is 4.31. The van der Waals surface area contributed by atoms with E-state index in [0.717, 1.165) is 21.9 Å². The van der Waals surface area contributed by atoms with E-state index < -0.39 is 5.97 Å². The number of rotatable bonds is 3. The Morgan fingerprint density at radius 2 is 1.65 bits per heavy atom. The van der Waals surface area contributed by atoms with E-state index in [2.05, 4.69) is 31.0 Å². The largest absolute Gasteiger partial charge is 0.402 e. The summed E-state index contributed by atoms with van der Waals surface area (Å²) in [6.07, 6.45) is 1.77. The van der Waals surface area contributed by atoms with Gasteiger partial charge in [-0.05, 0) is 40.0 Å². The first kappa shape index (κ1) is 16.3. The molecule has 0 bridgehead atoms. The molecule has 3 aromatic rings. The molecule has 0 aliphatic carbocycles. The summed E-state index contributed by atoms with van der Waals surface area (Å²) in [6, 6.07) is 22.0. The van der Waals surface area contributed by atoms with E-state index in [0.29, 0.717) is 17.5 Å². The molecule has 128 valence electrons. The summed E-state index contributed by atoms with van der Waals surface area (Å²) in [5.74, 6) is 0.418. The number of hydrogen-bond donors (Lipinski definition) is 0. The third-order valence-corrected chi connectivity index (χ3v) is 4.55. The summed E-state index contributed by atoms with van der Waals surface area (Å²) in [5.41, 5.74) is 3.35. The van der Waals surface area contributed by atoms with Crippen molar-refractivity contribution in [1.82, 2.24) is 0 Å². The first-order valence-corrected chi connectivity index (χ1v) is 8.72. The SMILES string of the molecule is CC(C)c1ccc(/C=C2\N=C(c3cccc4ccccc34)OC2=O)cc1. The maximum absolute atomic E-state index is 12.3. The van der Waals surface area contributed by atoms with Crippen LogP contribution in [0.2, 0.25) is 0 Å². The monoisotopic (exact) mass is 341 g/mol. The van der Waals surface area contributed by atoms with Crippen molar-refractivity contribution in [3.05, 3.63) is 89.1 Å². The molecule has 3 aromatic carbocycles. The highest BCUT2D eigenvalue weighted by Gasteiger charge is 2.25. The summed E-state index contributed by atoms with van der Waals surface area (Å²) < 4.78 is 5.45. The minimum absolute atomic E-state index is 0.324. The number of nitrogens with zero attached hydrogens (tertiary/aromatic N) is 1. The number of benzene rings is 3. The number of carbonyl (C=O) groups excluding carboxylic acids is 1. The van der Waals surface area contributed by atoms with Gasteiger partial charge in [0, 0.05) is 5.56 Å². The van der Waals surface area contributed by atoms with Gasteiger partial charge in [-0.25, -0.2) is 9.79 Å². The Labute approximate surface area is 152 Å². The van der Waals surface area contributed by atoms with Crippen molar-refractivity contribution >= 4 is 28.7 Å². The summed E-state index contributed by atoms with van der Waals surface area (Å²) >= 11 is 0. The van der Waals surface area contributed by atoms with Gasteiger partial charge < -0.3 is 4.74 Å². The molecule has 4 rings (SSSR count). The van der Waals surface area contributed by atoms with Gasteiger partial charge in [0.1, 0.15) is 0 Å². The Hall–Kier alpha value is -3.20. The summed E-state index contributed by atoms with van der Waals surface area (Å²) in [4.78, 5) is 16.7. The highest BCUT2D eigenvalue weighted by Crippen LogP contribution is 2.25. The number of cyclic esters (lactones) is 1. The molecule has 0 spiro atoms. The number of carbonyl (C=O) groups is 1. The highest BCUT2D eigenvalue weighted by molar-refractivity contribution is 6.17. The molecule has 1 aliphatic rings. The van der Waals surface area contributed by atoms with Crippen molar-refractivity contribution in [2.45, 2.75) is 19.8 Å². The van der Waals surface area contributed by atoms with E-state index in [1.165, 1.54) is 5.56 Å². The lowest BCUT2D eigenvalue weighted by Gasteiger charge is -2.04. The lowest BCUT2D eigenvalue weighted by atomic mass is 10.0. The lowest BCUT2D eigenvalue weighted by molar-refractivity contribution is -0.129. The first-order valence-electron chi connectivity index (χ1n) is 8.72. The molecule has 3 nitrogen and oxygen atoms in total. The quantitative estimate of drug-likeness (QED) is 0.478. The van der Waals surface area contributed by atoms with Crippen LogP contribution in [0.1, 0.15) is 36.5 Å². The maximum atomic E-state index is 12.3. The average Bonchev–Trinajstić information content (AvgIpc) is 3.02. The molecule has 26 heavy (non-hydrogen) atoms. The second kappa shape index (κ2) is 6.60. The van der Waals surface area contributed by atoms with E-state index in [-0.39, 0.29) is 0 Å². The van der Waals surface area contributed by atoms with Crippen molar-refractivity contribution in [2.24, 2.45) is 4.99 Å². The van der Waals surface area contributed by atoms with Crippen LogP contribution in [0.25, 0.3) is 16.8 Å². The fourth-order valence-electron chi connectivity index (χ4n) is 3.07. The van der Waals surface area contributed by atoms with Gasteiger partial charge in [-0.15, -0.1) is 0 Å². The fourth-order valence-corrected chi connectivity index (χ4v) is 3.07. The lowest BCUT2D eigenvalue weighted by Crippen LogP contribution is -2.05. The molecule has 0 N–H and O–H groups in total. The average molecular weight is 341 g/mol. The molecule has 0 atom stereocenters. The van der Waals surface area contributed by atoms with Crippen molar-refractivity contribution in [1.29, 1.82) is 0 Å². The van der Waals surface area contributed by atoms with E-state index >= 15 is 0 Å². The van der Waals surface area contributed by atoms with Crippen LogP contribution in [-0.4, -0.2) is 11.9 Å². The molecule has 0 radical (unpaired) electrons. The zero-order valence-electron chi connectivity index (χ0n) is 14.8. The van der Waals surface area contributed by atoms with Crippen molar-refractivity contribution in [2.75, 3.05) is 0 Å². The van der Waals surface area contributed by atoms with Gasteiger partial charge in [0.2, 0.25) is 5.90 Å². The zero-order valence-corrected chi connectivity index (χ0v) is 14.8. The smallest absolute Gasteiger partial charge is 0.363 e. The van der Waals surface area contributed by atoms with E-state index in [1.807, 2.05) is 54.6 Å². The van der Waals surface area contributed by atoms with Gasteiger partial charge >= 0.3 is 5.97 Å². The van der Waals surface area contributed by atoms with Crippen LogP contribution in [0, 0.1) is 0 Å². The number of hydrogen-bond acceptors (Lipinski definition) is 3. The predicted molar refractivity (Wildman–Crippen MR) is 105 cm³/mol. The Morgan fingerprint density at radius 3 is 2.42 bits per heavy atom. The molecule has 0 saturated heterocycles. The van der Waals surface area contributed by atoms with Gasteiger partial charge in [0.05, 0.1) is 0 Å². The zero-order chi connectivity index (χ0) is 18.1. The molecule has 1 aliphatic heterocycles. The van der Waals surface area contributed by atoms with E-state index in [1.54, 1.807) is 6.08 Å². The van der Waals surface area contributed by atoms with E-state index in [9.17, 15) is 4.79 Å².